The van der Waals surface area contributed by atoms with E-state index in [4.69, 9.17) is 0 Å². The molecule has 1 saturated carbocycles. The van der Waals surface area contributed by atoms with Gasteiger partial charge in [-0.25, -0.2) is 0 Å². The van der Waals surface area contributed by atoms with Crippen LogP contribution >= 0.6 is 11.8 Å². The molecule has 0 amide bonds. The molecule has 1 fully saturated rings. The van der Waals surface area contributed by atoms with Crippen LogP contribution in [0.5, 0.6) is 0 Å². The third kappa shape index (κ3) is 4.74. The van der Waals surface area contributed by atoms with Gasteiger partial charge in [-0.05, 0) is 38.0 Å². The van der Waals surface area contributed by atoms with Crippen molar-refractivity contribution in [2.45, 2.75) is 38.1 Å². The molecule has 1 N–H and O–H groups in total. The molecule has 94 valence electrons. The van der Waals surface area contributed by atoms with E-state index in [1.165, 1.54) is 38.5 Å². The maximum Gasteiger partial charge on any atom is 0.306 e. The molecule has 1 aliphatic rings. The number of carbonyl (C=O) groups excluding carboxylic acids is 1. The Hall–Kier alpha value is -0.220. The molecule has 1 aliphatic carbocycles. The van der Waals surface area contributed by atoms with Gasteiger partial charge in [-0.3, -0.25) is 4.79 Å². The first-order valence-corrected chi connectivity index (χ1v) is 7.25. The Morgan fingerprint density at radius 3 is 2.94 bits per heavy atom. The lowest BCUT2D eigenvalue weighted by molar-refractivity contribution is -0.140. The second kappa shape index (κ2) is 7.96. The molecule has 16 heavy (non-hydrogen) atoms. The number of esters is 1. The molecule has 0 aromatic heterocycles. The molecule has 3 nitrogen and oxygen atoms in total. The standard InChI is InChI=1S/C12H23NO2S/c1-13-11-5-3-4-10(11)6-8-16-9-7-12(14)15-2/h10-11,13H,3-9H2,1-2H3. The number of methoxy groups -OCH3 is 1. The van der Waals surface area contributed by atoms with Crippen LogP contribution in [0.2, 0.25) is 0 Å². The van der Waals surface area contributed by atoms with Crippen molar-refractivity contribution in [2.24, 2.45) is 5.92 Å². The third-order valence-corrected chi connectivity index (χ3v) is 4.36. The molecular weight excluding hydrogens is 222 g/mol. The van der Waals surface area contributed by atoms with Gasteiger partial charge in [0.25, 0.3) is 0 Å². The fraction of sp³-hybridized carbons (Fsp3) is 0.917. The van der Waals surface area contributed by atoms with Crippen molar-refractivity contribution in [3.05, 3.63) is 0 Å². The van der Waals surface area contributed by atoms with E-state index < -0.39 is 0 Å². The van der Waals surface area contributed by atoms with Crippen molar-refractivity contribution in [1.82, 2.24) is 5.32 Å². The quantitative estimate of drug-likeness (QED) is 0.550. The van der Waals surface area contributed by atoms with Crippen LogP contribution in [-0.2, 0) is 9.53 Å². The zero-order valence-electron chi connectivity index (χ0n) is 10.3. The number of hydrogen-bond donors (Lipinski definition) is 1. The number of hydrogen-bond acceptors (Lipinski definition) is 4. The van der Waals surface area contributed by atoms with E-state index in [1.54, 1.807) is 0 Å². The highest BCUT2D eigenvalue weighted by atomic mass is 32.2. The Kier molecular flexibility index (Phi) is 6.88. The Labute approximate surface area is 103 Å². The summed E-state index contributed by atoms with van der Waals surface area (Å²) in [6.07, 6.45) is 5.87. The van der Waals surface area contributed by atoms with Crippen LogP contribution in [0.25, 0.3) is 0 Å². The molecule has 0 aromatic carbocycles. The fourth-order valence-electron chi connectivity index (χ4n) is 2.36. The maximum atomic E-state index is 10.9. The van der Waals surface area contributed by atoms with Crippen molar-refractivity contribution in [1.29, 1.82) is 0 Å². The Bertz CT molecular complexity index is 211. The van der Waals surface area contributed by atoms with Crippen LogP contribution in [0.1, 0.15) is 32.1 Å². The number of rotatable bonds is 7. The van der Waals surface area contributed by atoms with Crippen LogP contribution in [0.3, 0.4) is 0 Å². The Morgan fingerprint density at radius 2 is 2.25 bits per heavy atom. The van der Waals surface area contributed by atoms with E-state index in [0.717, 1.165) is 17.7 Å². The predicted octanol–water partition coefficient (Wildman–Crippen LogP) is 2.06. The van der Waals surface area contributed by atoms with Gasteiger partial charge in [0.2, 0.25) is 0 Å². The molecular formula is C12H23NO2S. The zero-order valence-corrected chi connectivity index (χ0v) is 11.1. The van der Waals surface area contributed by atoms with Gasteiger partial charge in [0.05, 0.1) is 13.5 Å². The normalized spacial score (nSPS) is 24.6. The van der Waals surface area contributed by atoms with E-state index in [-0.39, 0.29) is 5.97 Å². The summed E-state index contributed by atoms with van der Waals surface area (Å²) in [5, 5.41) is 3.40. The third-order valence-electron chi connectivity index (χ3n) is 3.34. The van der Waals surface area contributed by atoms with Crippen molar-refractivity contribution in [2.75, 3.05) is 25.7 Å². The Balaban J connectivity index is 2.00. The SMILES string of the molecule is CNC1CCCC1CCSCCC(=O)OC. The van der Waals surface area contributed by atoms with Gasteiger partial charge in [-0.15, -0.1) is 0 Å². The van der Waals surface area contributed by atoms with E-state index in [2.05, 4.69) is 17.1 Å². The van der Waals surface area contributed by atoms with Crippen molar-refractivity contribution >= 4 is 17.7 Å². The summed E-state index contributed by atoms with van der Waals surface area (Å²) in [7, 11) is 3.51. The van der Waals surface area contributed by atoms with E-state index in [0.29, 0.717) is 6.42 Å². The van der Waals surface area contributed by atoms with Gasteiger partial charge in [-0.1, -0.05) is 6.42 Å². The molecule has 0 saturated heterocycles. The monoisotopic (exact) mass is 245 g/mol. The molecule has 2 atom stereocenters. The van der Waals surface area contributed by atoms with E-state index in [1.807, 2.05) is 11.8 Å². The largest absolute Gasteiger partial charge is 0.469 e. The highest BCUT2D eigenvalue weighted by molar-refractivity contribution is 7.99. The van der Waals surface area contributed by atoms with Crippen LogP contribution in [0, 0.1) is 5.92 Å². The lowest BCUT2D eigenvalue weighted by Gasteiger charge is -2.18. The average molecular weight is 245 g/mol. The van der Waals surface area contributed by atoms with E-state index >= 15 is 0 Å². The van der Waals surface area contributed by atoms with Crippen LogP contribution in [-0.4, -0.2) is 37.7 Å². The summed E-state index contributed by atoms with van der Waals surface area (Å²) in [5.41, 5.74) is 0. The molecule has 4 heteroatoms. The molecule has 2 unspecified atom stereocenters. The van der Waals surface area contributed by atoms with Crippen molar-refractivity contribution < 1.29 is 9.53 Å². The minimum atomic E-state index is -0.0959. The number of nitrogens with one attached hydrogen (secondary N) is 1. The topological polar surface area (TPSA) is 38.3 Å². The summed E-state index contributed by atoms with van der Waals surface area (Å²) in [5.74, 6) is 2.81. The summed E-state index contributed by atoms with van der Waals surface area (Å²) < 4.78 is 4.60. The minimum Gasteiger partial charge on any atom is -0.469 e. The molecule has 0 heterocycles. The highest BCUT2D eigenvalue weighted by Gasteiger charge is 2.24. The Morgan fingerprint density at radius 1 is 1.44 bits per heavy atom. The molecule has 0 aromatic rings. The smallest absolute Gasteiger partial charge is 0.306 e. The van der Waals surface area contributed by atoms with Gasteiger partial charge >= 0.3 is 5.97 Å². The van der Waals surface area contributed by atoms with E-state index in [9.17, 15) is 4.79 Å². The first kappa shape index (κ1) is 13.8. The minimum absolute atomic E-state index is 0.0959. The second-order valence-corrected chi connectivity index (χ2v) is 5.54. The summed E-state index contributed by atoms with van der Waals surface area (Å²) in [4.78, 5) is 10.9. The van der Waals surface area contributed by atoms with Crippen molar-refractivity contribution in [3.8, 4) is 0 Å². The molecule has 1 rings (SSSR count). The predicted molar refractivity (Wildman–Crippen MR) is 68.8 cm³/mol. The van der Waals surface area contributed by atoms with Gasteiger partial charge in [0.15, 0.2) is 0 Å². The first-order chi connectivity index (χ1) is 7.77. The lowest BCUT2D eigenvalue weighted by Crippen LogP contribution is -2.29. The van der Waals surface area contributed by atoms with Crippen LogP contribution in [0.15, 0.2) is 0 Å². The summed E-state index contributed by atoms with van der Waals surface area (Å²) >= 11 is 1.87. The summed E-state index contributed by atoms with van der Waals surface area (Å²) in [6, 6.07) is 0.723. The second-order valence-electron chi connectivity index (χ2n) is 4.31. The van der Waals surface area contributed by atoms with Crippen LogP contribution < -0.4 is 5.32 Å². The van der Waals surface area contributed by atoms with Crippen LogP contribution in [0.4, 0.5) is 0 Å². The van der Waals surface area contributed by atoms with Gasteiger partial charge in [0, 0.05) is 11.8 Å². The number of carbonyl (C=O) groups is 1. The lowest BCUT2D eigenvalue weighted by atomic mass is 10.0. The molecule has 0 radical (unpaired) electrons. The van der Waals surface area contributed by atoms with Crippen molar-refractivity contribution in [3.63, 3.8) is 0 Å². The van der Waals surface area contributed by atoms with Gasteiger partial charge in [-0.2, -0.15) is 11.8 Å². The summed E-state index contributed by atoms with van der Waals surface area (Å²) in [6.45, 7) is 0. The zero-order chi connectivity index (χ0) is 11.8. The van der Waals surface area contributed by atoms with Gasteiger partial charge in [0.1, 0.15) is 0 Å². The van der Waals surface area contributed by atoms with Gasteiger partial charge < -0.3 is 10.1 Å². The molecule has 0 spiro atoms. The average Bonchev–Trinajstić information content (AvgIpc) is 2.75. The highest BCUT2D eigenvalue weighted by Crippen LogP contribution is 2.29. The number of thioether (sulfide) groups is 1. The number of ether oxygens (including phenoxy) is 1. The molecule has 0 bridgehead atoms. The molecule has 0 aliphatic heterocycles. The maximum absolute atomic E-state index is 10.9. The fourth-order valence-corrected chi connectivity index (χ4v) is 3.34. The first-order valence-electron chi connectivity index (χ1n) is 6.09.